The summed E-state index contributed by atoms with van der Waals surface area (Å²) in [5, 5.41) is 0.870. The van der Waals surface area contributed by atoms with E-state index in [2.05, 4.69) is 25.9 Å². The Labute approximate surface area is 123 Å². The first kappa shape index (κ1) is 13.0. The summed E-state index contributed by atoms with van der Waals surface area (Å²) >= 11 is 3.42. The van der Waals surface area contributed by atoms with Crippen LogP contribution in [0.25, 0.3) is 10.9 Å². The highest BCUT2D eigenvalue weighted by atomic mass is 79.9. The molecule has 1 atom stereocenters. The smallest absolute Gasteiger partial charge is 0.232 e. The minimum absolute atomic E-state index is 0.120. The van der Waals surface area contributed by atoms with Crippen LogP contribution in [-0.4, -0.2) is 28.3 Å². The molecule has 0 spiro atoms. The summed E-state index contributed by atoms with van der Waals surface area (Å²) in [4.78, 5) is 33.1. The van der Waals surface area contributed by atoms with Gasteiger partial charge in [-0.3, -0.25) is 14.5 Å². The highest BCUT2D eigenvalue weighted by molar-refractivity contribution is 9.10. The minimum Gasteiger partial charge on any atom is -0.369 e. The number of amides is 2. The van der Waals surface area contributed by atoms with Gasteiger partial charge in [0.1, 0.15) is 0 Å². The lowest BCUT2D eigenvalue weighted by atomic mass is 10.1. The van der Waals surface area contributed by atoms with Crippen molar-refractivity contribution < 1.29 is 9.59 Å². The van der Waals surface area contributed by atoms with Gasteiger partial charge in [-0.15, -0.1) is 0 Å². The van der Waals surface area contributed by atoms with Crippen LogP contribution in [0.1, 0.15) is 6.42 Å². The molecule has 2 aromatic rings. The first-order valence-corrected chi connectivity index (χ1v) is 6.86. The molecule has 1 saturated heterocycles. The molecule has 0 bridgehead atoms. The monoisotopic (exact) mass is 334 g/mol. The van der Waals surface area contributed by atoms with Crippen LogP contribution in [0.5, 0.6) is 0 Å². The summed E-state index contributed by atoms with van der Waals surface area (Å²) in [5.41, 5.74) is 5.98. The fourth-order valence-corrected chi connectivity index (χ4v) is 2.69. The van der Waals surface area contributed by atoms with Gasteiger partial charge in [0.2, 0.25) is 17.8 Å². The molecule has 1 aliphatic heterocycles. The molecular weight excluding hydrogens is 324 g/mol. The highest BCUT2D eigenvalue weighted by Gasteiger charge is 2.35. The molecule has 1 aliphatic rings. The van der Waals surface area contributed by atoms with Gasteiger partial charge in [0, 0.05) is 29.0 Å². The normalized spacial score (nSPS) is 18.8. The fourth-order valence-electron chi connectivity index (χ4n) is 2.23. The molecule has 7 heteroatoms. The third kappa shape index (κ3) is 2.14. The molecule has 102 valence electrons. The molecule has 20 heavy (non-hydrogen) atoms. The van der Waals surface area contributed by atoms with Gasteiger partial charge >= 0.3 is 0 Å². The second kappa shape index (κ2) is 4.82. The summed E-state index contributed by atoms with van der Waals surface area (Å²) in [6, 6.07) is 5.61. The number of fused-ring (bicyclic) bond motifs is 1. The maximum atomic E-state index is 11.9. The Hall–Kier alpha value is -2.02. The van der Waals surface area contributed by atoms with Crippen LogP contribution < -0.4 is 10.6 Å². The van der Waals surface area contributed by atoms with Crippen LogP contribution in [0.4, 0.5) is 5.95 Å². The number of primary amides is 1. The van der Waals surface area contributed by atoms with Gasteiger partial charge in [-0.2, -0.15) is 0 Å². The van der Waals surface area contributed by atoms with Crippen molar-refractivity contribution in [3.8, 4) is 0 Å². The van der Waals surface area contributed by atoms with Crippen molar-refractivity contribution >= 4 is 44.6 Å². The quantitative estimate of drug-likeness (QED) is 0.894. The molecular formula is C13H11BrN4O2. The number of benzene rings is 1. The average molecular weight is 335 g/mol. The van der Waals surface area contributed by atoms with Gasteiger partial charge < -0.3 is 5.73 Å². The third-order valence-electron chi connectivity index (χ3n) is 3.33. The van der Waals surface area contributed by atoms with Gasteiger partial charge in [-0.05, 0) is 12.1 Å². The predicted octanol–water partition coefficient (Wildman–Crippen LogP) is 1.23. The second-order valence-corrected chi connectivity index (χ2v) is 5.50. The molecule has 2 amide bonds. The van der Waals surface area contributed by atoms with Crippen LogP contribution in [0, 0.1) is 5.92 Å². The SMILES string of the molecule is NC(=O)C1CC(=O)N(c2ncc3c(Br)cccc3n2)C1. The number of halogens is 1. The number of nitrogens with two attached hydrogens (primary N) is 1. The van der Waals surface area contributed by atoms with E-state index in [9.17, 15) is 9.59 Å². The van der Waals surface area contributed by atoms with Gasteiger partial charge in [0.15, 0.2) is 0 Å². The number of aromatic nitrogens is 2. The summed E-state index contributed by atoms with van der Waals surface area (Å²) < 4.78 is 0.893. The van der Waals surface area contributed by atoms with Crippen LogP contribution in [-0.2, 0) is 9.59 Å². The maximum absolute atomic E-state index is 11.9. The fraction of sp³-hybridized carbons (Fsp3) is 0.231. The standard InChI is InChI=1S/C13H11BrN4O2/c14-9-2-1-3-10-8(9)5-16-13(17-10)18-6-7(12(15)20)4-11(18)19/h1-3,5,7H,4,6H2,(H2,15,20). The van der Waals surface area contributed by atoms with E-state index in [1.807, 2.05) is 18.2 Å². The van der Waals surface area contributed by atoms with E-state index >= 15 is 0 Å². The zero-order chi connectivity index (χ0) is 14.3. The molecule has 1 aromatic heterocycles. The lowest BCUT2D eigenvalue weighted by Gasteiger charge is -2.14. The molecule has 2 N–H and O–H groups in total. The molecule has 2 heterocycles. The number of nitrogens with zero attached hydrogens (tertiary/aromatic N) is 3. The lowest BCUT2D eigenvalue weighted by Crippen LogP contribution is -2.29. The van der Waals surface area contributed by atoms with Crippen molar-refractivity contribution in [3.63, 3.8) is 0 Å². The number of hydrogen-bond donors (Lipinski definition) is 1. The van der Waals surface area contributed by atoms with Crippen molar-refractivity contribution in [2.45, 2.75) is 6.42 Å². The number of carbonyl (C=O) groups excluding carboxylic acids is 2. The molecule has 6 nitrogen and oxygen atoms in total. The first-order chi connectivity index (χ1) is 9.56. The summed E-state index contributed by atoms with van der Waals surface area (Å²) in [6.07, 6.45) is 1.78. The summed E-state index contributed by atoms with van der Waals surface area (Å²) in [5.74, 6) is -0.804. The second-order valence-electron chi connectivity index (χ2n) is 4.65. The number of anilines is 1. The molecule has 0 radical (unpaired) electrons. The Bertz CT molecular complexity index is 719. The van der Waals surface area contributed by atoms with E-state index in [-0.39, 0.29) is 18.9 Å². The van der Waals surface area contributed by atoms with Gasteiger partial charge in [0.05, 0.1) is 11.4 Å². The van der Waals surface area contributed by atoms with Crippen molar-refractivity contribution in [3.05, 3.63) is 28.9 Å². The zero-order valence-electron chi connectivity index (χ0n) is 10.4. The van der Waals surface area contributed by atoms with Gasteiger partial charge in [-0.1, -0.05) is 22.0 Å². The van der Waals surface area contributed by atoms with Crippen molar-refractivity contribution in [2.24, 2.45) is 11.7 Å². The lowest BCUT2D eigenvalue weighted by molar-refractivity contribution is -0.123. The molecule has 1 fully saturated rings. The largest absolute Gasteiger partial charge is 0.369 e. The average Bonchev–Trinajstić information content (AvgIpc) is 2.81. The highest BCUT2D eigenvalue weighted by Crippen LogP contribution is 2.26. The van der Waals surface area contributed by atoms with Crippen molar-refractivity contribution in [1.82, 2.24) is 9.97 Å². The number of hydrogen-bond acceptors (Lipinski definition) is 4. The van der Waals surface area contributed by atoms with Crippen molar-refractivity contribution in [1.29, 1.82) is 0 Å². The van der Waals surface area contributed by atoms with E-state index in [1.165, 1.54) is 4.90 Å². The van der Waals surface area contributed by atoms with Gasteiger partial charge in [0.25, 0.3) is 0 Å². The van der Waals surface area contributed by atoms with E-state index in [4.69, 9.17) is 5.73 Å². The van der Waals surface area contributed by atoms with E-state index in [0.717, 1.165) is 15.4 Å². The van der Waals surface area contributed by atoms with Gasteiger partial charge in [-0.25, -0.2) is 9.97 Å². The molecule has 1 aromatic carbocycles. The topological polar surface area (TPSA) is 89.2 Å². The minimum atomic E-state index is -0.468. The summed E-state index contributed by atoms with van der Waals surface area (Å²) in [7, 11) is 0. The van der Waals surface area contributed by atoms with Crippen LogP contribution in [0.15, 0.2) is 28.9 Å². The molecule has 3 rings (SSSR count). The Morgan fingerprint density at radius 3 is 2.95 bits per heavy atom. The number of rotatable bonds is 2. The first-order valence-electron chi connectivity index (χ1n) is 6.07. The van der Waals surface area contributed by atoms with Crippen molar-refractivity contribution in [2.75, 3.05) is 11.4 Å². The van der Waals surface area contributed by atoms with Crippen LogP contribution >= 0.6 is 15.9 Å². The Kier molecular flexibility index (Phi) is 3.13. The Morgan fingerprint density at radius 1 is 1.45 bits per heavy atom. The maximum Gasteiger partial charge on any atom is 0.232 e. The Morgan fingerprint density at radius 2 is 2.25 bits per heavy atom. The summed E-state index contributed by atoms with van der Waals surface area (Å²) in [6.45, 7) is 0.244. The molecule has 0 aliphatic carbocycles. The van der Waals surface area contributed by atoms with Crippen LogP contribution in [0.3, 0.4) is 0 Å². The van der Waals surface area contributed by atoms with Crippen LogP contribution in [0.2, 0.25) is 0 Å². The molecule has 1 unspecified atom stereocenters. The predicted molar refractivity (Wildman–Crippen MR) is 76.9 cm³/mol. The van der Waals surface area contributed by atoms with E-state index < -0.39 is 11.8 Å². The van der Waals surface area contributed by atoms with E-state index in [0.29, 0.717) is 5.95 Å². The molecule has 0 saturated carbocycles. The Balaban J connectivity index is 1.99. The third-order valence-corrected chi connectivity index (χ3v) is 4.02. The zero-order valence-corrected chi connectivity index (χ0v) is 12.0. The van der Waals surface area contributed by atoms with E-state index in [1.54, 1.807) is 6.20 Å². The number of carbonyl (C=O) groups is 2.